The second kappa shape index (κ2) is 8.93. The largest absolute Gasteiger partial charge is 0.493 e. The van der Waals surface area contributed by atoms with E-state index in [-0.39, 0.29) is 11.0 Å². The molecule has 0 aliphatic carbocycles. The average molecular weight is 431 g/mol. The Balaban J connectivity index is 1.91. The van der Waals surface area contributed by atoms with Crippen molar-refractivity contribution in [2.75, 3.05) is 13.7 Å². The Hall–Kier alpha value is -2.44. The molecule has 0 atom stereocenters. The molecule has 0 fully saturated rings. The second-order valence-electron chi connectivity index (χ2n) is 7.65. The van der Waals surface area contributed by atoms with Gasteiger partial charge in [0.1, 0.15) is 0 Å². The molecule has 3 rings (SSSR count). The minimum absolute atomic E-state index is 0.0260. The van der Waals surface area contributed by atoms with Crippen molar-refractivity contribution >= 4 is 23.4 Å². The third-order valence-corrected chi connectivity index (χ3v) is 5.10. The minimum atomic E-state index is -0.220. The van der Waals surface area contributed by atoms with Crippen LogP contribution < -0.4 is 15.0 Å². The van der Waals surface area contributed by atoms with Crippen molar-refractivity contribution in [1.82, 2.24) is 9.55 Å². The zero-order valence-electron chi connectivity index (χ0n) is 16.8. The van der Waals surface area contributed by atoms with E-state index < -0.39 is 0 Å². The van der Waals surface area contributed by atoms with Gasteiger partial charge in [-0.05, 0) is 35.7 Å². The molecular formula is C22H23ClN2O3S. The maximum Gasteiger partial charge on any atom is 0.287 e. The highest BCUT2D eigenvalue weighted by atomic mass is 35.5. The van der Waals surface area contributed by atoms with Crippen LogP contribution in [0.25, 0.3) is 5.69 Å². The first kappa shape index (κ1) is 21.3. The minimum Gasteiger partial charge on any atom is -0.493 e. The van der Waals surface area contributed by atoms with Gasteiger partial charge in [-0.3, -0.25) is 9.36 Å². The van der Waals surface area contributed by atoms with Crippen molar-refractivity contribution in [3.63, 3.8) is 0 Å². The summed E-state index contributed by atoms with van der Waals surface area (Å²) >= 11 is 7.31. The Morgan fingerprint density at radius 3 is 2.62 bits per heavy atom. The zero-order chi connectivity index (χ0) is 21.0. The lowest BCUT2D eigenvalue weighted by Crippen LogP contribution is -2.20. The maximum absolute atomic E-state index is 13.0. The summed E-state index contributed by atoms with van der Waals surface area (Å²) in [4.78, 5) is 18.1. The van der Waals surface area contributed by atoms with Gasteiger partial charge < -0.3 is 9.47 Å². The van der Waals surface area contributed by atoms with E-state index in [2.05, 4.69) is 25.8 Å². The second-order valence-corrected chi connectivity index (χ2v) is 9.15. The Labute approximate surface area is 179 Å². The quantitative estimate of drug-likeness (QED) is 0.519. The first-order valence-corrected chi connectivity index (χ1v) is 10.3. The number of aromatic nitrogens is 2. The van der Waals surface area contributed by atoms with E-state index in [4.69, 9.17) is 21.1 Å². The summed E-state index contributed by atoms with van der Waals surface area (Å²) < 4.78 is 12.9. The molecule has 1 heterocycles. The van der Waals surface area contributed by atoms with Crippen LogP contribution in [0, 0.1) is 5.41 Å². The van der Waals surface area contributed by atoms with E-state index in [1.165, 1.54) is 16.3 Å². The molecule has 1 aromatic heterocycles. The van der Waals surface area contributed by atoms with E-state index in [0.29, 0.717) is 33.8 Å². The molecule has 0 saturated heterocycles. The molecule has 0 N–H and O–H groups in total. The fraction of sp³-hybridized carbons (Fsp3) is 0.273. The molecule has 0 radical (unpaired) electrons. The molecule has 0 aliphatic heterocycles. The third kappa shape index (κ3) is 5.55. The smallest absolute Gasteiger partial charge is 0.287 e. The van der Waals surface area contributed by atoms with Gasteiger partial charge in [-0.2, -0.15) is 0 Å². The van der Waals surface area contributed by atoms with Crippen molar-refractivity contribution in [3.8, 4) is 17.2 Å². The number of hydrogen-bond acceptors (Lipinski definition) is 5. The molecular weight excluding hydrogens is 408 g/mol. The fourth-order valence-corrected chi connectivity index (χ4v) is 3.64. The normalized spacial score (nSPS) is 11.3. The molecule has 0 spiro atoms. The van der Waals surface area contributed by atoms with E-state index in [9.17, 15) is 4.79 Å². The van der Waals surface area contributed by atoms with Crippen LogP contribution in [0.3, 0.4) is 0 Å². The predicted molar refractivity (Wildman–Crippen MR) is 117 cm³/mol. The maximum atomic E-state index is 13.0. The number of methoxy groups -OCH3 is 1. The number of benzene rings is 2. The van der Waals surface area contributed by atoms with Gasteiger partial charge in [0.25, 0.3) is 5.56 Å². The van der Waals surface area contributed by atoms with Gasteiger partial charge in [0.15, 0.2) is 16.5 Å². The summed E-state index contributed by atoms with van der Waals surface area (Å²) in [7, 11) is 1.58. The highest BCUT2D eigenvalue weighted by molar-refractivity contribution is 7.99. The highest BCUT2D eigenvalue weighted by Gasteiger charge is 2.15. The van der Waals surface area contributed by atoms with Gasteiger partial charge in [0.2, 0.25) is 0 Å². The Bertz CT molecular complexity index is 1060. The van der Waals surface area contributed by atoms with Crippen LogP contribution in [0.15, 0.2) is 69.6 Å². The molecule has 152 valence electrons. The van der Waals surface area contributed by atoms with E-state index >= 15 is 0 Å². The van der Waals surface area contributed by atoms with Crippen LogP contribution in [0.2, 0.25) is 5.02 Å². The molecule has 0 aliphatic rings. The molecule has 29 heavy (non-hydrogen) atoms. The van der Waals surface area contributed by atoms with E-state index in [1.807, 2.05) is 24.3 Å². The van der Waals surface area contributed by atoms with Gasteiger partial charge in [-0.15, -0.1) is 0 Å². The van der Waals surface area contributed by atoms with Crippen LogP contribution in [0.4, 0.5) is 0 Å². The number of rotatable bonds is 6. The number of halogens is 1. The molecule has 0 bridgehead atoms. The average Bonchev–Trinajstić information content (AvgIpc) is 2.67. The zero-order valence-corrected chi connectivity index (χ0v) is 18.4. The Kier molecular flexibility index (Phi) is 6.55. The summed E-state index contributed by atoms with van der Waals surface area (Å²) in [5.74, 6) is 1.21. The van der Waals surface area contributed by atoms with Crippen LogP contribution in [-0.2, 0) is 0 Å². The van der Waals surface area contributed by atoms with E-state index in [0.717, 1.165) is 4.90 Å². The van der Waals surface area contributed by atoms with Crippen LogP contribution >= 0.6 is 23.4 Å². The first-order valence-electron chi connectivity index (χ1n) is 9.09. The lowest BCUT2D eigenvalue weighted by molar-refractivity contribution is 0.191. The van der Waals surface area contributed by atoms with Crippen LogP contribution in [0.1, 0.15) is 20.8 Å². The summed E-state index contributed by atoms with van der Waals surface area (Å²) in [5, 5.41) is 0.976. The molecule has 3 aromatic rings. The first-order chi connectivity index (χ1) is 13.8. The van der Waals surface area contributed by atoms with Crippen LogP contribution in [0.5, 0.6) is 11.5 Å². The topological polar surface area (TPSA) is 53.4 Å². The number of hydrogen-bond donors (Lipinski definition) is 0. The van der Waals surface area contributed by atoms with Crippen molar-refractivity contribution in [2.24, 2.45) is 5.41 Å². The number of ether oxygens (including phenoxy) is 2. The number of nitrogens with zero attached hydrogens (tertiary/aromatic N) is 2. The summed E-state index contributed by atoms with van der Waals surface area (Å²) in [6, 6.07) is 12.7. The van der Waals surface area contributed by atoms with E-state index in [1.54, 1.807) is 37.7 Å². The van der Waals surface area contributed by atoms with Crippen molar-refractivity contribution in [1.29, 1.82) is 0 Å². The SMILES string of the molecule is COc1cc(-n2ccnc(Sc3cccc(Cl)c3)c2=O)ccc1OCC(C)(C)C. The van der Waals surface area contributed by atoms with Crippen molar-refractivity contribution in [3.05, 3.63) is 70.2 Å². The van der Waals surface area contributed by atoms with Crippen molar-refractivity contribution in [2.45, 2.75) is 30.7 Å². The molecule has 0 saturated carbocycles. The molecule has 7 heteroatoms. The van der Waals surface area contributed by atoms with Gasteiger partial charge in [-0.25, -0.2) is 4.98 Å². The standard InChI is InChI=1S/C22H23ClN2O3S/c1-22(2,3)14-28-18-9-8-16(13-19(18)27-4)25-11-10-24-20(21(25)26)29-17-7-5-6-15(23)12-17/h5-13H,14H2,1-4H3. The highest BCUT2D eigenvalue weighted by Crippen LogP contribution is 2.31. The summed E-state index contributed by atoms with van der Waals surface area (Å²) in [6.45, 7) is 6.86. The molecule has 2 aromatic carbocycles. The van der Waals surface area contributed by atoms with Gasteiger partial charge in [0, 0.05) is 28.4 Å². The fourth-order valence-electron chi connectivity index (χ4n) is 2.53. The lowest BCUT2D eigenvalue weighted by Gasteiger charge is -2.20. The molecule has 5 nitrogen and oxygen atoms in total. The third-order valence-electron chi connectivity index (χ3n) is 3.91. The summed E-state index contributed by atoms with van der Waals surface area (Å²) in [6.07, 6.45) is 3.24. The Morgan fingerprint density at radius 1 is 1.14 bits per heavy atom. The molecule has 0 amide bonds. The predicted octanol–water partition coefficient (Wildman–Crippen LogP) is 5.47. The Morgan fingerprint density at radius 2 is 1.93 bits per heavy atom. The van der Waals surface area contributed by atoms with Gasteiger partial charge >= 0.3 is 0 Å². The lowest BCUT2D eigenvalue weighted by atomic mass is 9.99. The van der Waals surface area contributed by atoms with Crippen molar-refractivity contribution < 1.29 is 9.47 Å². The van der Waals surface area contributed by atoms with Crippen LogP contribution in [-0.4, -0.2) is 23.3 Å². The van der Waals surface area contributed by atoms with Gasteiger partial charge in [-0.1, -0.05) is 50.2 Å². The summed E-state index contributed by atoms with van der Waals surface area (Å²) in [5.41, 5.74) is 0.478. The van der Waals surface area contributed by atoms with Gasteiger partial charge in [0.05, 0.1) is 19.4 Å². The molecule has 0 unspecified atom stereocenters. The monoisotopic (exact) mass is 430 g/mol.